The highest BCUT2D eigenvalue weighted by molar-refractivity contribution is 5.86. The molecule has 0 radical (unpaired) electrons. The number of likely N-dealkylation sites (N-methyl/N-ethyl adjacent to an activating group) is 1. The average molecular weight is 334 g/mol. The molecule has 1 rings (SSSR count). The van der Waals surface area contributed by atoms with Crippen LogP contribution in [0.15, 0.2) is 23.2 Å². The van der Waals surface area contributed by atoms with Gasteiger partial charge in [0.2, 0.25) is 5.91 Å². The van der Waals surface area contributed by atoms with E-state index in [0.29, 0.717) is 18.4 Å². The molecule has 24 heavy (non-hydrogen) atoms. The molecule has 0 saturated carbocycles. The molecule has 0 spiro atoms. The van der Waals surface area contributed by atoms with Gasteiger partial charge in [0.15, 0.2) is 5.96 Å². The van der Waals surface area contributed by atoms with Crippen molar-refractivity contribution in [1.82, 2.24) is 15.5 Å². The number of benzene rings is 1. The van der Waals surface area contributed by atoms with Crippen molar-refractivity contribution in [2.75, 3.05) is 34.3 Å². The van der Waals surface area contributed by atoms with Crippen molar-refractivity contribution in [3.05, 3.63) is 29.3 Å². The fraction of sp³-hybridized carbons (Fsp3) is 0.556. The molecule has 1 aromatic carbocycles. The van der Waals surface area contributed by atoms with Gasteiger partial charge in [-0.25, -0.2) is 4.99 Å². The molecule has 134 valence electrons. The highest BCUT2D eigenvalue weighted by Crippen LogP contribution is 2.16. The quantitative estimate of drug-likeness (QED) is 0.589. The molecule has 0 saturated heterocycles. The number of methoxy groups -OCH3 is 1. The number of carbonyl (C=O) groups excluding carboxylic acids is 1. The van der Waals surface area contributed by atoms with E-state index in [4.69, 9.17) is 4.74 Å². The number of hydrogen-bond donors (Lipinski definition) is 2. The predicted octanol–water partition coefficient (Wildman–Crippen LogP) is 1.78. The van der Waals surface area contributed by atoms with Crippen LogP contribution in [0.1, 0.15) is 25.0 Å². The van der Waals surface area contributed by atoms with E-state index in [0.717, 1.165) is 23.4 Å². The van der Waals surface area contributed by atoms with E-state index in [9.17, 15) is 4.79 Å². The Morgan fingerprint density at radius 1 is 1.25 bits per heavy atom. The molecule has 6 heteroatoms. The minimum Gasteiger partial charge on any atom is -0.497 e. The van der Waals surface area contributed by atoms with E-state index >= 15 is 0 Å². The van der Waals surface area contributed by atoms with Crippen LogP contribution >= 0.6 is 0 Å². The van der Waals surface area contributed by atoms with E-state index in [1.807, 2.05) is 19.1 Å². The summed E-state index contributed by atoms with van der Waals surface area (Å²) in [6.45, 7) is 7.80. The van der Waals surface area contributed by atoms with Gasteiger partial charge in [0.05, 0.1) is 20.2 Å². The fourth-order valence-electron chi connectivity index (χ4n) is 2.00. The topological polar surface area (TPSA) is 66.0 Å². The maximum Gasteiger partial charge on any atom is 0.241 e. The van der Waals surface area contributed by atoms with Crippen LogP contribution in [0.4, 0.5) is 0 Å². The molecule has 0 aliphatic rings. The Hall–Kier alpha value is -2.24. The number of nitrogens with one attached hydrogen (secondary N) is 2. The van der Waals surface area contributed by atoms with Crippen molar-refractivity contribution < 1.29 is 9.53 Å². The number of aryl methyl sites for hydroxylation is 1. The average Bonchev–Trinajstić information content (AvgIpc) is 2.52. The van der Waals surface area contributed by atoms with Gasteiger partial charge >= 0.3 is 0 Å². The Morgan fingerprint density at radius 2 is 1.96 bits per heavy atom. The molecule has 2 N–H and O–H groups in total. The minimum atomic E-state index is 0.00581. The van der Waals surface area contributed by atoms with Crippen molar-refractivity contribution in [2.24, 2.45) is 10.9 Å². The number of rotatable bonds is 7. The maximum atomic E-state index is 11.8. The molecule has 1 amide bonds. The summed E-state index contributed by atoms with van der Waals surface area (Å²) in [5, 5.41) is 6.35. The highest BCUT2D eigenvalue weighted by atomic mass is 16.5. The SMILES string of the molecule is COc1cc(C)cc(CN=C(NCC(=O)N(C)C)NCC(C)C)c1. The second-order valence-electron chi connectivity index (χ2n) is 6.44. The summed E-state index contributed by atoms with van der Waals surface area (Å²) in [6, 6.07) is 6.04. The smallest absolute Gasteiger partial charge is 0.241 e. The van der Waals surface area contributed by atoms with E-state index in [1.165, 1.54) is 0 Å². The molecule has 1 aromatic rings. The van der Waals surface area contributed by atoms with Crippen molar-refractivity contribution >= 4 is 11.9 Å². The van der Waals surface area contributed by atoms with E-state index in [2.05, 4.69) is 35.5 Å². The van der Waals surface area contributed by atoms with Crippen molar-refractivity contribution in [1.29, 1.82) is 0 Å². The Kier molecular flexibility index (Phi) is 8.09. The number of aliphatic imine (C=N–C) groups is 1. The van der Waals surface area contributed by atoms with Crippen LogP contribution in [-0.2, 0) is 11.3 Å². The summed E-state index contributed by atoms with van der Waals surface area (Å²) < 4.78 is 5.30. The Balaban J connectivity index is 2.78. The summed E-state index contributed by atoms with van der Waals surface area (Å²) >= 11 is 0. The molecule has 0 aliphatic heterocycles. The van der Waals surface area contributed by atoms with Gasteiger partial charge in [0, 0.05) is 20.6 Å². The van der Waals surface area contributed by atoms with Crippen LogP contribution in [0.3, 0.4) is 0 Å². The van der Waals surface area contributed by atoms with Crippen molar-refractivity contribution in [3.63, 3.8) is 0 Å². The van der Waals surface area contributed by atoms with Crippen molar-refractivity contribution in [2.45, 2.75) is 27.3 Å². The number of ether oxygens (including phenoxy) is 1. The molecule has 0 atom stereocenters. The maximum absolute atomic E-state index is 11.8. The summed E-state index contributed by atoms with van der Waals surface area (Å²) in [7, 11) is 5.13. The number of amides is 1. The minimum absolute atomic E-state index is 0.00581. The van der Waals surface area contributed by atoms with Crippen LogP contribution in [0.2, 0.25) is 0 Å². The van der Waals surface area contributed by atoms with Gasteiger partial charge in [-0.05, 0) is 36.1 Å². The van der Waals surface area contributed by atoms with E-state index < -0.39 is 0 Å². The molecule has 0 fully saturated rings. The molecule has 0 bridgehead atoms. The molecule has 0 aliphatic carbocycles. The summed E-state index contributed by atoms with van der Waals surface area (Å²) in [4.78, 5) is 17.9. The number of hydrogen-bond acceptors (Lipinski definition) is 3. The summed E-state index contributed by atoms with van der Waals surface area (Å²) in [5.74, 6) is 1.96. The molecule has 0 aromatic heterocycles. The largest absolute Gasteiger partial charge is 0.497 e. The number of nitrogens with zero attached hydrogens (tertiary/aromatic N) is 2. The third kappa shape index (κ3) is 7.35. The van der Waals surface area contributed by atoms with Crippen molar-refractivity contribution in [3.8, 4) is 5.75 Å². The first-order chi connectivity index (χ1) is 11.3. The van der Waals surface area contributed by atoms with Gasteiger partial charge in [-0.1, -0.05) is 19.9 Å². The van der Waals surface area contributed by atoms with Crippen LogP contribution in [0.5, 0.6) is 5.75 Å². The standard InChI is InChI=1S/C18H30N4O2/c1-13(2)10-19-18(21-12-17(23)22(4)5)20-11-15-7-14(3)8-16(9-15)24-6/h7-9,13H,10-12H2,1-6H3,(H2,19,20,21). The zero-order valence-corrected chi connectivity index (χ0v) is 15.6. The third-order valence-electron chi connectivity index (χ3n) is 3.35. The van der Waals surface area contributed by atoms with Crippen LogP contribution in [-0.4, -0.2) is 51.1 Å². The fourth-order valence-corrected chi connectivity index (χ4v) is 2.00. The third-order valence-corrected chi connectivity index (χ3v) is 3.35. The zero-order chi connectivity index (χ0) is 18.1. The van der Waals surface area contributed by atoms with Crippen LogP contribution in [0, 0.1) is 12.8 Å². The second kappa shape index (κ2) is 9.80. The molecule has 6 nitrogen and oxygen atoms in total. The number of carbonyl (C=O) groups is 1. The van der Waals surface area contributed by atoms with Gasteiger partial charge < -0.3 is 20.3 Å². The highest BCUT2D eigenvalue weighted by Gasteiger charge is 2.07. The molecular weight excluding hydrogens is 304 g/mol. The first kappa shape index (κ1) is 19.8. The van der Waals surface area contributed by atoms with E-state index in [1.54, 1.807) is 26.1 Å². The Bertz CT molecular complexity index is 568. The Labute approximate surface area is 145 Å². The Morgan fingerprint density at radius 3 is 2.54 bits per heavy atom. The lowest BCUT2D eigenvalue weighted by Gasteiger charge is -2.16. The van der Waals surface area contributed by atoms with Gasteiger partial charge in [-0.15, -0.1) is 0 Å². The van der Waals surface area contributed by atoms with Gasteiger partial charge in [0.25, 0.3) is 0 Å². The van der Waals surface area contributed by atoms with Gasteiger partial charge in [-0.3, -0.25) is 4.79 Å². The van der Waals surface area contributed by atoms with Crippen LogP contribution < -0.4 is 15.4 Å². The first-order valence-corrected chi connectivity index (χ1v) is 8.18. The first-order valence-electron chi connectivity index (χ1n) is 8.18. The lowest BCUT2D eigenvalue weighted by molar-refractivity contribution is -0.127. The molecular formula is C18H30N4O2. The number of guanidine groups is 1. The van der Waals surface area contributed by atoms with E-state index in [-0.39, 0.29) is 12.5 Å². The van der Waals surface area contributed by atoms with Crippen LogP contribution in [0.25, 0.3) is 0 Å². The van der Waals surface area contributed by atoms with Gasteiger partial charge in [0.1, 0.15) is 5.75 Å². The summed E-state index contributed by atoms with van der Waals surface area (Å²) in [5.41, 5.74) is 2.20. The summed E-state index contributed by atoms with van der Waals surface area (Å²) in [6.07, 6.45) is 0. The molecule has 0 heterocycles. The monoisotopic (exact) mass is 334 g/mol. The van der Waals surface area contributed by atoms with Gasteiger partial charge in [-0.2, -0.15) is 0 Å². The zero-order valence-electron chi connectivity index (χ0n) is 15.6. The lowest BCUT2D eigenvalue weighted by Crippen LogP contribution is -2.44. The lowest BCUT2D eigenvalue weighted by atomic mass is 10.1. The predicted molar refractivity (Wildman–Crippen MR) is 98.4 cm³/mol. The molecule has 0 unspecified atom stereocenters. The normalized spacial score (nSPS) is 11.4. The second-order valence-corrected chi connectivity index (χ2v) is 6.44.